The molecule has 0 aliphatic carbocycles. The van der Waals surface area contributed by atoms with Crippen molar-refractivity contribution in [3.05, 3.63) is 52.5 Å². The molecule has 2 aromatic rings. The van der Waals surface area contributed by atoms with Crippen molar-refractivity contribution in [2.24, 2.45) is 27.7 Å². The number of aliphatic imine (C=N–C) groups is 1. The molecule has 0 bridgehead atoms. The van der Waals surface area contributed by atoms with Crippen LogP contribution in [0.15, 0.2) is 46.9 Å². The molecule has 6 N–H and O–H groups in total. The first-order valence-electron chi connectivity index (χ1n) is 20.9. The Morgan fingerprint density at radius 2 is 1.68 bits per heavy atom. The smallest absolute Gasteiger partial charge is 0.244 e. The third kappa shape index (κ3) is 11.6. The lowest BCUT2D eigenvalue weighted by Crippen LogP contribution is -2.65. The van der Waals surface area contributed by atoms with E-state index < -0.39 is 58.8 Å². The van der Waals surface area contributed by atoms with Crippen molar-refractivity contribution in [2.45, 2.75) is 130 Å². The first-order valence-corrected chi connectivity index (χ1v) is 22.8. The van der Waals surface area contributed by atoms with Crippen molar-refractivity contribution >= 4 is 58.5 Å². The molecule has 1 aromatic carbocycles. The number of fused-ring (bicyclic) bond motifs is 1. The zero-order valence-corrected chi connectivity index (χ0v) is 37.9. The number of carbonyl (C=O) groups excluding carboxylic acids is 5. The maximum absolute atomic E-state index is 14.9. The van der Waals surface area contributed by atoms with Crippen molar-refractivity contribution in [3.8, 4) is 0 Å². The maximum Gasteiger partial charge on any atom is 0.244 e. The molecule has 1 aromatic heterocycles. The van der Waals surface area contributed by atoms with E-state index in [4.69, 9.17) is 4.99 Å². The number of nitrogens with one attached hydrogen (secondary N) is 6. The Labute approximate surface area is 358 Å². The summed E-state index contributed by atoms with van der Waals surface area (Å²) in [4.78, 5) is 82.2. The summed E-state index contributed by atoms with van der Waals surface area (Å²) in [6.45, 7) is 20.1. The van der Waals surface area contributed by atoms with Gasteiger partial charge in [0.1, 0.15) is 41.6 Å². The maximum atomic E-state index is 14.9. The fraction of sp³-hybridized carbons (Fsp3) is 0.651. The Hall–Kier alpha value is -4.02. The zero-order valence-electron chi connectivity index (χ0n) is 36.3. The van der Waals surface area contributed by atoms with Gasteiger partial charge in [-0.3, -0.25) is 29.0 Å². The Balaban J connectivity index is 1.50. The molecule has 16 heteroatoms. The first kappa shape index (κ1) is 46.1. The Kier molecular flexibility index (Phi) is 15.3. The van der Waals surface area contributed by atoms with Crippen LogP contribution >= 0.6 is 23.1 Å². The van der Waals surface area contributed by atoms with E-state index in [0.29, 0.717) is 19.4 Å². The quantitative estimate of drug-likeness (QED) is 0.195. The summed E-state index contributed by atoms with van der Waals surface area (Å²) in [6.07, 6.45) is 3.01. The molecule has 2 saturated heterocycles. The largest absolute Gasteiger partial charge is 0.360 e. The van der Waals surface area contributed by atoms with Crippen LogP contribution in [0, 0.1) is 22.7 Å². The second-order valence-electron chi connectivity index (χ2n) is 18.6. The van der Waals surface area contributed by atoms with Gasteiger partial charge in [0.05, 0.1) is 17.5 Å². The minimum Gasteiger partial charge on any atom is -0.360 e. The molecule has 59 heavy (non-hydrogen) atoms. The van der Waals surface area contributed by atoms with Crippen LogP contribution in [0.3, 0.4) is 0 Å². The van der Waals surface area contributed by atoms with Crippen LogP contribution < -0.4 is 31.9 Å². The summed E-state index contributed by atoms with van der Waals surface area (Å²) in [5.41, 5.74) is -0.528. The van der Waals surface area contributed by atoms with Crippen LogP contribution in [-0.2, 0) is 24.0 Å². The van der Waals surface area contributed by atoms with E-state index >= 15 is 0 Å². The van der Waals surface area contributed by atoms with Gasteiger partial charge in [0, 0.05) is 36.3 Å². The van der Waals surface area contributed by atoms with Crippen LogP contribution in [0.4, 0.5) is 0 Å². The molecule has 0 radical (unpaired) electrons. The predicted octanol–water partition coefficient (Wildman–Crippen LogP) is 3.97. The topological polar surface area (TPSA) is 186 Å². The van der Waals surface area contributed by atoms with Gasteiger partial charge >= 0.3 is 0 Å². The number of carbonyl (C=O) groups is 5. The molecule has 3 aliphatic heterocycles. The molecule has 4 heterocycles. The summed E-state index contributed by atoms with van der Waals surface area (Å²) in [5.74, 6) is -1.39. The number of aromatic nitrogens is 1. The number of rotatable bonds is 11. The first-order chi connectivity index (χ1) is 27.8. The monoisotopic (exact) mass is 851 g/mol. The van der Waals surface area contributed by atoms with Crippen molar-refractivity contribution < 1.29 is 24.0 Å². The fourth-order valence-corrected chi connectivity index (χ4v) is 9.74. The highest BCUT2D eigenvalue weighted by atomic mass is 32.2. The number of amidine groups is 1. The van der Waals surface area contributed by atoms with Gasteiger partial charge in [-0.2, -0.15) is 0 Å². The lowest BCUT2D eigenvalue weighted by Gasteiger charge is -2.39. The molecule has 3 aliphatic rings. The molecule has 2 fully saturated rings. The minimum atomic E-state index is -0.981. The molecule has 14 nitrogen and oxygen atoms in total. The van der Waals surface area contributed by atoms with Gasteiger partial charge in [-0.15, -0.1) is 23.1 Å². The Morgan fingerprint density at radius 3 is 2.27 bits per heavy atom. The molecule has 5 rings (SSSR count). The second-order valence-corrected chi connectivity index (χ2v) is 20.9. The van der Waals surface area contributed by atoms with E-state index in [2.05, 4.69) is 36.9 Å². The summed E-state index contributed by atoms with van der Waals surface area (Å²) in [6, 6.07) is 4.89. The molecule has 9 atom stereocenters. The lowest BCUT2D eigenvalue weighted by atomic mass is 9.82. The number of thiazole rings is 1. The van der Waals surface area contributed by atoms with Crippen molar-refractivity contribution in [1.29, 1.82) is 0 Å². The standard InChI is InChI=1S/C43H65N9O5S2/c1-24(2)31-37(54)51-34(42(5,6)7)36(46-23-30(53)52-19-16-25(3)33(52)39(56)48-31)50-35(43(8,9)10)40(57)49-32(26(4)27-14-12-11-13-15-27)38(55)47-28(41-45-18-21-59-41)22-29-44-17-20-58-29/h11-15,18,21,24-26,28-29,31-35,44H,16-17,19-20,22-23H2,1-10H3,(H,46,50)(H,47,55)(H,48,56)(H,49,57)(H,51,54)/t25-,26+,28-,29?,31+,32?,33+,34?,35?/m1/s1. The number of nitrogens with zero attached hydrogens (tertiary/aromatic N) is 3. The third-order valence-corrected chi connectivity index (χ3v) is 13.6. The van der Waals surface area contributed by atoms with E-state index in [1.165, 1.54) is 11.3 Å². The van der Waals surface area contributed by atoms with Crippen LogP contribution in [0.25, 0.3) is 0 Å². The molecule has 0 spiro atoms. The summed E-state index contributed by atoms with van der Waals surface area (Å²) in [7, 11) is 0. The summed E-state index contributed by atoms with van der Waals surface area (Å²) >= 11 is 3.29. The van der Waals surface area contributed by atoms with E-state index in [0.717, 1.165) is 22.9 Å². The van der Waals surface area contributed by atoms with Gasteiger partial charge in [-0.1, -0.05) is 99.6 Å². The highest BCUT2D eigenvalue weighted by Gasteiger charge is 2.44. The molecule has 4 unspecified atom stereocenters. The van der Waals surface area contributed by atoms with Gasteiger partial charge < -0.3 is 36.8 Å². The normalized spacial score (nSPS) is 25.3. The number of amides is 5. The van der Waals surface area contributed by atoms with E-state index in [9.17, 15) is 24.0 Å². The lowest BCUT2D eigenvalue weighted by molar-refractivity contribution is -0.140. The average molecular weight is 852 g/mol. The van der Waals surface area contributed by atoms with Gasteiger partial charge in [-0.05, 0) is 41.1 Å². The Bertz CT molecular complexity index is 1800. The third-order valence-electron chi connectivity index (χ3n) is 11.5. The molecular formula is C43H65N9O5S2. The van der Waals surface area contributed by atoms with Crippen LogP contribution in [-0.4, -0.2) is 106 Å². The summed E-state index contributed by atoms with van der Waals surface area (Å²) in [5, 5.41) is 22.2. The van der Waals surface area contributed by atoms with Crippen LogP contribution in [0.2, 0.25) is 0 Å². The van der Waals surface area contributed by atoms with Crippen molar-refractivity contribution in [1.82, 2.24) is 41.8 Å². The summed E-state index contributed by atoms with van der Waals surface area (Å²) < 4.78 is 0. The number of thioether (sulfide) groups is 1. The van der Waals surface area contributed by atoms with Gasteiger partial charge in [0.25, 0.3) is 0 Å². The van der Waals surface area contributed by atoms with Crippen molar-refractivity contribution in [2.75, 3.05) is 25.4 Å². The van der Waals surface area contributed by atoms with Crippen LogP contribution in [0.1, 0.15) is 105 Å². The Morgan fingerprint density at radius 1 is 0.966 bits per heavy atom. The highest BCUT2D eigenvalue weighted by molar-refractivity contribution is 8.00. The number of hydrogen-bond donors (Lipinski definition) is 6. The van der Waals surface area contributed by atoms with Crippen LogP contribution in [0.5, 0.6) is 0 Å². The van der Waals surface area contributed by atoms with Gasteiger partial charge in [0.2, 0.25) is 29.5 Å². The minimum absolute atomic E-state index is 0.103. The number of hydrogen-bond acceptors (Lipinski definition) is 11. The number of benzene rings is 1. The van der Waals surface area contributed by atoms with E-state index in [1.54, 1.807) is 11.1 Å². The molecule has 0 saturated carbocycles. The second kappa shape index (κ2) is 19.6. The molecular weight excluding hydrogens is 787 g/mol. The average Bonchev–Trinajstić information content (AvgIpc) is 3.97. The zero-order chi connectivity index (χ0) is 43.2. The highest BCUT2D eigenvalue weighted by Crippen LogP contribution is 2.30. The predicted molar refractivity (Wildman–Crippen MR) is 235 cm³/mol. The molecule has 5 amide bonds. The SMILES string of the molecule is CC(C)[C@@H]1NC(=O)[C@@H]2[C@H](C)CCN2C(=O)CN=C(NC(C(=O)NC(C(=O)N[C@H](CC2NCCS2)c2nccs2)[C@@H](C)c2ccccc2)C(C)(C)C)C(C(C)(C)C)NC1=O. The van der Waals surface area contributed by atoms with Gasteiger partial charge in [0.15, 0.2) is 0 Å². The van der Waals surface area contributed by atoms with Crippen molar-refractivity contribution in [3.63, 3.8) is 0 Å². The fourth-order valence-electron chi connectivity index (χ4n) is 7.95. The molecule has 324 valence electrons. The van der Waals surface area contributed by atoms with Gasteiger partial charge in [-0.25, -0.2) is 4.98 Å². The van der Waals surface area contributed by atoms with E-state index in [-0.39, 0.29) is 53.4 Å². The van der Waals surface area contributed by atoms with E-state index in [1.807, 2.05) is 117 Å².